The maximum atomic E-state index is 12.9. The molecule has 0 N–H and O–H groups in total. The van der Waals surface area contributed by atoms with Crippen molar-refractivity contribution in [1.82, 2.24) is 19.9 Å². The maximum Gasteiger partial charge on any atom is 0.260 e. The molecule has 1 aliphatic carbocycles. The molecule has 1 amide bonds. The van der Waals surface area contributed by atoms with Crippen LogP contribution >= 0.6 is 0 Å². The van der Waals surface area contributed by atoms with Crippen molar-refractivity contribution < 1.29 is 18.4 Å². The van der Waals surface area contributed by atoms with Gasteiger partial charge in [0, 0.05) is 19.6 Å². The van der Waals surface area contributed by atoms with Crippen LogP contribution in [0.3, 0.4) is 0 Å². The summed E-state index contributed by atoms with van der Waals surface area (Å²) in [5, 5.41) is 4.19. The summed E-state index contributed by atoms with van der Waals surface area (Å²) in [6.45, 7) is 3.33. The van der Waals surface area contributed by atoms with Crippen LogP contribution in [-0.2, 0) is 4.79 Å². The van der Waals surface area contributed by atoms with Gasteiger partial charge in [0.25, 0.3) is 5.91 Å². The highest BCUT2D eigenvalue weighted by atomic mass is 19.1. The third kappa shape index (κ3) is 4.12. The van der Waals surface area contributed by atoms with E-state index in [4.69, 9.17) is 9.26 Å². The molecule has 154 valence electrons. The molecule has 5 rings (SSSR count). The second-order valence-corrected chi connectivity index (χ2v) is 8.33. The number of likely N-dealkylation sites (tertiary alicyclic amines) is 2. The Morgan fingerprint density at radius 2 is 2.00 bits per heavy atom. The van der Waals surface area contributed by atoms with E-state index in [0.29, 0.717) is 24.7 Å². The lowest BCUT2D eigenvalue weighted by Crippen LogP contribution is -2.50. The fraction of sp³-hybridized carbons (Fsp3) is 0.571. The SMILES string of the molecule is O=C(COc1ccc(F)cc1)N1CC(c2noc(C3CCCN3CC3CC3)n2)C1. The van der Waals surface area contributed by atoms with Gasteiger partial charge in [-0.15, -0.1) is 0 Å². The third-order valence-electron chi connectivity index (χ3n) is 6.07. The Balaban J connectivity index is 1.11. The number of hydrogen-bond donors (Lipinski definition) is 0. The molecule has 3 fully saturated rings. The molecule has 1 aromatic heterocycles. The lowest BCUT2D eigenvalue weighted by molar-refractivity contribution is -0.138. The van der Waals surface area contributed by atoms with Gasteiger partial charge in [-0.3, -0.25) is 9.69 Å². The minimum absolute atomic E-state index is 0.0615. The van der Waals surface area contributed by atoms with Crippen LogP contribution in [-0.4, -0.2) is 58.6 Å². The first kappa shape index (κ1) is 18.5. The van der Waals surface area contributed by atoms with Crippen molar-refractivity contribution in [2.24, 2.45) is 5.92 Å². The fourth-order valence-corrected chi connectivity index (χ4v) is 4.12. The van der Waals surface area contributed by atoms with E-state index in [1.807, 2.05) is 0 Å². The van der Waals surface area contributed by atoms with Crippen LogP contribution in [0.5, 0.6) is 5.75 Å². The molecule has 0 spiro atoms. The van der Waals surface area contributed by atoms with Crippen molar-refractivity contribution in [2.45, 2.75) is 37.6 Å². The van der Waals surface area contributed by atoms with Gasteiger partial charge in [-0.1, -0.05) is 5.16 Å². The molecule has 1 saturated carbocycles. The van der Waals surface area contributed by atoms with Crippen molar-refractivity contribution in [3.8, 4) is 5.75 Å². The summed E-state index contributed by atoms with van der Waals surface area (Å²) < 4.78 is 23.9. The highest BCUT2D eigenvalue weighted by Crippen LogP contribution is 2.37. The van der Waals surface area contributed by atoms with E-state index in [1.165, 1.54) is 43.5 Å². The molecule has 29 heavy (non-hydrogen) atoms. The lowest BCUT2D eigenvalue weighted by Gasteiger charge is -2.37. The number of rotatable bonds is 7. The summed E-state index contributed by atoms with van der Waals surface area (Å²) in [4.78, 5) is 21.1. The summed E-state index contributed by atoms with van der Waals surface area (Å²) in [6.07, 6.45) is 4.93. The van der Waals surface area contributed by atoms with Gasteiger partial charge in [0.1, 0.15) is 11.6 Å². The largest absolute Gasteiger partial charge is 0.484 e. The van der Waals surface area contributed by atoms with Crippen LogP contribution in [0.15, 0.2) is 28.8 Å². The molecule has 7 nitrogen and oxygen atoms in total. The van der Waals surface area contributed by atoms with E-state index < -0.39 is 0 Å². The van der Waals surface area contributed by atoms with Gasteiger partial charge in [0.2, 0.25) is 5.89 Å². The number of aromatic nitrogens is 2. The summed E-state index contributed by atoms with van der Waals surface area (Å²) in [7, 11) is 0. The number of carbonyl (C=O) groups excluding carboxylic acids is 1. The van der Waals surface area contributed by atoms with E-state index >= 15 is 0 Å². The molecule has 2 aromatic rings. The Hall–Kier alpha value is -2.48. The number of halogens is 1. The first-order valence-corrected chi connectivity index (χ1v) is 10.4. The average molecular weight is 400 g/mol. The van der Waals surface area contributed by atoms with Gasteiger partial charge in [-0.05, 0) is 62.4 Å². The van der Waals surface area contributed by atoms with Crippen molar-refractivity contribution in [3.05, 3.63) is 41.8 Å². The molecular formula is C21H25FN4O3. The second-order valence-electron chi connectivity index (χ2n) is 8.33. The quantitative estimate of drug-likeness (QED) is 0.712. The topological polar surface area (TPSA) is 71.7 Å². The Bertz CT molecular complexity index is 861. The number of carbonyl (C=O) groups is 1. The van der Waals surface area contributed by atoms with Crippen molar-refractivity contribution in [2.75, 3.05) is 32.8 Å². The minimum atomic E-state index is -0.331. The van der Waals surface area contributed by atoms with E-state index in [-0.39, 0.29) is 30.3 Å². The van der Waals surface area contributed by atoms with Gasteiger partial charge in [-0.2, -0.15) is 4.98 Å². The molecule has 1 unspecified atom stereocenters. The first-order valence-electron chi connectivity index (χ1n) is 10.4. The van der Waals surface area contributed by atoms with Crippen LogP contribution < -0.4 is 4.74 Å². The van der Waals surface area contributed by atoms with Gasteiger partial charge in [-0.25, -0.2) is 4.39 Å². The number of ether oxygens (including phenoxy) is 1. The molecule has 1 atom stereocenters. The standard InChI is InChI=1S/C21H25FN4O3/c22-16-5-7-17(8-6-16)28-13-19(27)26-11-15(12-26)20-23-21(29-24-20)18-2-1-9-25(18)10-14-3-4-14/h5-8,14-15,18H,1-4,9-13H2. The Labute approximate surface area is 168 Å². The number of nitrogens with zero attached hydrogens (tertiary/aromatic N) is 4. The average Bonchev–Trinajstić information content (AvgIpc) is 3.17. The Morgan fingerprint density at radius 1 is 1.21 bits per heavy atom. The zero-order chi connectivity index (χ0) is 19.8. The highest BCUT2D eigenvalue weighted by Gasteiger charge is 2.38. The molecule has 8 heteroatoms. The molecule has 3 aliphatic rings. The highest BCUT2D eigenvalue weighted by molar-refractivity contribution is 5.78. The van der Waals surface area contributed by atoms with Crippen LogP contribution in [0.25, 0.3) is 0 Å². The van der Waals surface area contributed by atoms with Gasteiger partial charge >= 0.3 is 0 Å². The maximum absolute atomic E-state index is 12.9. The second kappa shape index (κ2) is 7.74. The molecular weight excluding hydrogens is 375 g/mol. The monoisotopic (exact) mass is 400 g/mol. The van der Waals surface area contributed by atoms with E-state index in [2.05, 4.69) is 15.0 Å². The predicted molar refractivity (Wildman–Crippen MR) is 102 cm³/mol. The molecule has 3 heterocycles. The number of benzene rings is 1. The molecule has 1 aromatic carbocycles. The first-order chi connectivity index (χ1) is 14.2. The Morgan fingerprint density at radius 3 is 2.76 bits per heavy atom. The predicted octanol–water partition coefficient (Wildman–Crippen LogP) is 2.76. The normalized spacial score (nSPS) is 22.7. The Kier molecular flexibility index (Phi) is 4.95. The molecule has 2 aliphatic heterocycles. The molecule has 2 saturated heterocycles. The zero-order valence-electron chi connectivity index (χ0n) is 16.3. The van der Waals surface area contributed by atoms with Gasteiger partial charge < -0.3 is 14.2 Å². The summed E-state index contributed by atoms with van der Waals surface area (Å²) >= 11 is 0. The summed E-state index contributed by atoms with van der Waals surface area (Å²) in [6, 6.07) is 5.89. The molecule has 0 bridgehead atoms. The smallest absolute Gasteiger partial charge is 0.260 e. The number of hydrogen-bond acceptors (Lipinski definition) is 6. The summed E-state index contributed by atoms with van der Waals surface area (Å²) in [5.41, 5.74) is 0. The zero-order valence-corrected chi connectivity index (χ0v) is 16.3. The van der Waals surface area contributed by atoms with Crippen LogP contribution in [0.1, 0.15) is 49.4 Å². The van der Waals surface area contributed by atoms with Crippen molar-refractivity contribution in [3.63, 3.8) is 0 Å². The van der Waals surface area contributed by atoms with Gasteiger partial charge in [0.15, 0.2) is 12.4 Å². The summed E-state index contributed by atoms with van der Waals surface area (Å²) in [5.74, 6) is 2.43. The minimum Gasteiger partial charge on any atom is -0.484 e. The van der Waals surface area contributed by atoms with Crippen LogP contribution in [0, 0.1) is 11.7 Å². The van der Waals surface area contributed by atoms with Crippen LogP contribution in [0.2, 0.25) is 0 Å². The van der Waals surface area contributed by atoms with E-state index in [0.717, 1.165) is 31.3 Å². The molecule has 0 radical (unpaired) electrons. The lowest BCUT2D eigenvalue weighted by atomic mass is 9.99. The van der Waals surface area contributed by atoms with Gasteiger partial charge in [0.05, 0.1) is 12.0 Å². The fourth-order valence-electron chi connectivity index (χ4n) is 4.12. The van der Waals surface area contributed by atoms with E-state index in [9.17, 15) is 9.18 Å². The van der Waals surface area contributed by atoms with Crippen molar-refractivity contribution >= 4 is 5.91 Å². The van der Waals surface area contributed by atoms with E-state index in [1.54, 1.807) is 4.90 Å². The van der Waals surface area contributed by atoms with Crippen LogP contribution in [0.4, 0.5) is 4.39 Å². The van der Waals surface area contributed by atoms with Crippen molar-refractivity contribution in [1.29, 1.82) is 0 Å². The third-order valence-corrected chi connectivity index (χ3v) is 6.07. The number of amides is 1.